The summed E-state index contributed by atoms with van der Waals surface area (Å²) in [5, 5.41) is 3.55. The van der Waals surface area contributed by atoms with E-state index in [0.717, 1.165) is 25.6 Å². The van der Waals surface area contributed by atoms with Gasteiger partial charge in [-0.15, -0.1) is 0 Å². The third-order valence-electron chi connectivity index (χ3n) is 4.28. The standard InChI is InChI=1S/C13H26N2O2S/c1-13(2,3)18(16,17)8-7-15-9-11-5-4-6-14-12(11)10-15/h11-12,14H,4-10H2,1-3H3/t11-,12+/m0/s1. The van der Waals surface area contributed by atoms with Crippen LogP contribution < -0.4 is 5.32 Å². The van der Waals surface area contributed by atoms with Crippen LogP contribution in [0.1, 0.15) is 33.6 Å². The molecule has 0 amide bonds. The predicted molar refractivity (Wildman–Crippen MR) is 74.5 cm³/mol. The largest absolute Gasteiger partial charge is 0.312 e. The van der Waals surface area contributed by atoms with E-state index in [9.17, 15) is 8.42 Å². The van der Waals surface area contributed by atoms with Gasteiger partial charge in [-0.2, -0.15) is 0 Å². The summed E-state index contributed by atoms with van der Waals surface area (Å²) in [6.45, 7) is 9.25. The quantitative estimate of drug-likeness (QED) is 0.830. The topological polar surface area (TPSA) is 49.4 Å². The number of sulfone groups is 1. The molecular weight excluding hydrogens is 248 g/mol. The summed E-state index contributed by atoms with van der Waals surface area (Å²) < 4.78 is 23.5. The van der Waals surface area contributed by atoms with Gasteiger partial charge in [-0.1, -0.05) is 0 Å². The Kier molecular flexibility index (Phi) is 4.04. The van der Waals surface area contributed by atoms with Gasteiger partial charge in [0.25, 0.3) is 0 Å². The number of nitrogens with zero attached hydrogens (tertiary/aromatic N) is 1. The van der Waals surface area contributed by atoms with Gasteiger partial charge in [0.15, 0.2) is 9.84 Å². The number of hydrogen-bond donors (Lipinski definition) is 1. The van der Waals surface area contributed by atoms with E-state index in [-0.39, 0.29) is 5.75 Å². The molecule has 2 saturated heterocycles. The molecule has 5 heteroatoms. The van der Waals surface area contributed by atoms with Crippen molar-refractivity contribution < 1.29 is 8.42 Å². The highest BCUT2D eigenvalue weighted by atomic mass is 32.2. The first kappa shape index (κ1) is 14.3. The third kappa shape index (κ3) is 3.06. The van der Waals surface area contributed by atoms with Crippen molar-refractivity contribution in [2.75, 3.05) is 31.9 Å². The lowest BCUT2D eigenvalue weighted by molar-refractivity contribution is 0.330. The molecule has 0 bridgehead atoms. The van der Waals surface area contributed by atoms with E-state index < -0.39 is 14.6 Å². The zero-order valence-electron chi connectivity index (χ0n) is 11.8. The normalized spacial score (nSPS) is 30.4. The molecule has 2 aliphatic heterocycles. The average molecular weight is 274 g/mol. The number of hydrogen-bond acceptors (Lipinski definition) is 4. The Labute approximate surface area is 111 Å². The molecule has 0 spiro atoms. The van der Waals surface area contributed by atoms with Crippen molar-refractivity contribution in [3.05, 3.63) is 0 Å². The SMILES string of the molecule is CC(C)(C)S(=O)(=O)CCN1C[C@@H]2CCCN[C@@H]2C1. The van der Waals surface area contributed by atoms with E-state index in [1.54, 1.807) is 20.8 Å². The Bertz CT molecular complexity index is 372. The fourth-order valence-electron chi connectivity index (χ4n) is 2.87. The lowest BCUT2D eigenvalue weighted by Gasteiger charge is -2.24. The maximum Gasteiger partial charge on any atom is 0.156 e. The maximum absolute atomic E-state index is 12.1. The smallest absolute Gasteiger partial charge is 0.156 e. The van der Waals surface area contributed by atoms with Crippen LogP contribution >= 0.6 is 0 Å². The zero-order valence-corrected chi connectivity index (χ0v) is 12.6. The molecule has 1 N–H and O–H groups in total. The molecule has 4 nitrogen and oxygen atoms in total. The van der Waals surface area contributed by atoms with Gasteiger partial charge >= 0.3 is 0 Å². The van der Waals surface area contributed by atoms with Crippen molar-refractivity contribution >= 4 is 9.84 Å². The van der Waals surface area contributed by atoms with Crippen LogP contribution in [-0.2, 0) is 9.84 Å². The van der Waals surface area contributed by atoms with E-state index in [0.29, 0.717) is 12.6 Å². The molecule has 2 fully saturated rings. The Morgan fingerprint density at radius 2 is 2.00 bits per heavy atom. The molecule has 2 aliphatic rings. The van der Waals surface area contributed by atoms with Crippen LogP contribution in [0.2, 0.25) is 0 Å². The highest BCUT2D eigenvalue weighted by Gasteiger charge is 2.35. The lowest BCUT2D eigenvalue weighted by atomic mass is 9.94. The highest BCUT2D eigenvalue weighted by Crippen LogP contribution is 2.25. The minimum absolute atomic E-state index is 0.288. The molecule has 18 heavy (non-hydrogen) atoms. The summed E-state index contributed by atoms with van der Waals surface area (Å²) >= 11 is 0. The Hall–Kier alpha value is -0.130. The Balaban J connectivity index is 1.85. The van der Waals surface area contributed by atoms with Gasteiger partial charge in [0.2, 0.25) is 0 Å². The number of rotatable bonds is 3. The van der Waals surface area contributed by atoms with Gasteiger partial charge in [-0.3, -0.25) is 0 Å². The number of likely N-dealkylation sites (tertiary alicyclic amines) is 1. The van der Waals surface area contributed by atoms with Crippen LogP contribution in [0.4, 0.5) is 0 Å². The summed E-state index contributed by atoms with van der Waals surface area (Å²) in [6, 6.07) is 0.594. The second-order valence-electron chi connectivity index (χ2n) is 6.65. The number of fused-ring (bicyclic) bond motifs is 1. The van der Waals surface area contributed by atoms with Crippen molar-refractivity contribution in [1.82, 2.24) is 10.2 Å². The van der Waals surface area contributed by atoms with E-state index in [1.807, 2.05) is 0 Å². The molecule has 0 aliphatic carbocycles. The molecule has 0 aromatic rings. The highest BCUT2D eigenvalue weighted by molar-refractivity contribution is 7.92. The molecule has 0 aromatic carbocycles. The maximum atomic E-state index is 12.1. The summed E-state index contributed by atoms with van der Waals surface area (Å²) in [7, 11) is -2.98. The average Bonchev–Trinajstić information content (AvgIpc) is 2.67. The first-order valence-electron chi connectivity index (χ1n) is 6.98. The Morgan fingerprint density at radius 1 is 1.28 bits per heavy atom. The molecular formula is C13H26N2O2S. The monoisotopic (exact) mass is 274 g/mol. The first-order valence-corrected chi connectivity index (χ1v) is 8.63. The molecule has 2 rings (SSSR count). The van der Waals surface area contributed by atoms with E-state index >= 15 is 0 Å². The zero-order chi connectivity index (χ0) is 13.4. The predicted octanol–water partition coefficient (Wildman–Crippen LogP) is 0.884. The molecule has 0 saturated carbocycles. The van der Waals surface area contributed by atoms with Crippen LogP contribution in [0.3, 0.4) is 0 Å². The lowest BCUT2D eigenvalue weighted by Crippen LogP contribution is -2.41. The number of piperidine rings is 1. The van der Waals surface area contributed by atoms with Crippen LogP contribution in [0.15, 0.2) is 0 Å². The first-order chi connectivity index (χ1) is 8.29. The molecule has 106 valence electrons. The van der Waals surface area contributed by atoms with Gasteiger partial charge in [0.1, 0.15) is 0 Å². The second kappa shape index (κ2) is 5.10. The van der Waals surface area contributed by atoms with Gasteiger partial charge in [-0.05, 0) is 46.1 Å². The summed E-state index contributed by atoms with van der Waals surface area (Å²) in [4.78, 5) is 2.32. The minimum Gasteiger partial charge on any atom is -0.312 e. The summed E-state index contributed by atoms with van der Waals surface area (Å²) in [6.07, 6.45) is 2.55. The third-order valence-corrected chi connectivity index (χ3v) is 6.87. The van der Waals surface area contributed by atoms with Crippen LogP contribution in [-0.4, -0.2) is 56.0 Å². The van der Waals surface area contributed by atoms with E-state index in [4.69, 9.17) is 0 Å². The van der Waals surface area contributed by atoms with Gasteiger partial charge < -0.3 is 10.2 Å². The summed E-state index contributed by atoms with van der Waals surface area (Å²) in [5.74, 6) is 1.02. The van der Waals surface area contributed by atoms with Crippen molar-refractivity contribution in [1.29, 1.82) is 0 Å². The van der Waals surface area contributed by atoms with Crippen molar-refractivity contribution in [3.63, 3.8) is 0 Å². The van der Waals surface area contributed by atoms with Crippen LogP contribution in [0.5, 0.6) is 0 Å². The van der Waals surface area contributed by atoms with Crippen LogP contribution in [0, 0.1) is 5.92 Å². The molecule has 2 atom stereocenters. The fraction of sp³-hybridized carbons (Fsp3) is 1.00. The fourth-order valence-corrected chi connectivity index (χ4v) is 3.99. The van der Waals surface area contributed by atoms with Crippen LogP contribution in [0.25, 0.3) is 0 Å². The van der Waals surface area contributed by atoms with E-state index in [1.165, 1.54) is 12.8 Å². The second-order valence-corrected chi connectivity index (χ2v) is 9.52. The van der Waals surface area contributed by atoms with Gasteiger partial charge in [-0.25, -0.2) is 8.42 Å². The van der Waals surface area contributed by atoms with Gasteiger partial charge in [0, 0.05) is 25.7 Å². The van der Waals surface area contributed by atoms with Gasteiger partial charge in [0.05, 0.1) is 10.5 Å². The Morgan fingerprint density at radius 3 is 2.61 bits per heavy atom. The van der Waals surface area contributed by atoms with E-state index in [2.05, 4.69) is 10.2 Å². The molecule has 0 aromatic heterocycles. The number of nitrogens with one attached hydrogen (secondary N) is 1. The molecule has 2 heterocycles. The summed E-state index contributed by atoms with van der Waals surface area (Å²) in [5.41, 5.74) is 0. The van der Waals surface area contributed by atoms with Crippen molar-refractivity contribution in [3.8, 4) is 0 Å². The minimum atomic E-state index is -2.98. The molecule has 0 unspecified atom stereocenters. The van der Waals surface area contributed by atoms with Crippen molar-refractivity contribution in [2.24, 2.45) is 5.92 Å². The molecule has 0 radical (unpaired) electrons. The van der Waals surface area contributed by atoms with Crippen molar-refractivity contribution in [2.45, 2.75) is 44.4 Å².